The molecule has 1 aromatic heterocycles. The maximum absolute atomic E-state index is 13.5. The van der Waals surface area contributed by atoms with Crippen LogP contribution in [0.3, 0.4) is 0 Å². The second-order valence-electron chi connectivity index (χ2n) is 8.89. The first-order valence-corrected chi connectivity index (χ1v) is 11.0. The van der Waals surface area contributed by atoms with Gasteiger partial charge >= 0.3 is 6.03 Å². The molecule has 0 N–H and O–H groups in total. The van der Waals surface area contributed by atoms with E-state index in [0.29, 0.717) is 44.9 Å². The van der Waals surface area contributed by atoms with Crippen molar-refractivity contribution in [2.24, 2.45) is 5.92 Å². The topological polar surface area (TPSA) is 69.6 Å². The Balaban J connectivity index is 1.81. The molecule has 2 aliphatic heterocycles. The average Bonchev–Trinajstić information content (AvgIpc) is 2.87. The van der Waals surface area contributed by atoms with Gasteiger partial charge in [-0.25, -0.2) is 9.78 Å². The van der Waals surface area contributed by atoms with Crippen molar-refractivity contribution in [1.82, 2.24) is 19.8 Å². The fraction of sp³-hybridized carbons (Fsp3) is 0.727. The number of unbranched alkanes of at least 4 members (excludes halogenated alkanes) is 2. The summed E-state index contributed by atoms with van der Waals surface area (Å²) in [4.78, 5) is 41.3. The van der Waals surface area contributed by atoms with Crippen molar-refractivity contribution in [3.05, 3.63) is 17.6 Å². The molecule has 29 heavy (non-hydrogen) atoms. The number of urea groups is 1. The molecule has 7 heteroatoms. The molecule has 3 heterocycles. The predicted octanol–water partition coefficient (Wildman–Crippen LogP) is 3.54. The Kier molecular flexibility index (Phi) is 6.44. The zero-order chi connectivity index (χ0) is 21.2. The SMILES string of the molecule is CCCCCN1C(=O)N(CC(C)C)C2(CCN(c3nc(C)cnc3C)CC2)C1=O. The summed E-state index contributed by atoms with van der Waals surface area (Å²) >= 11 is 0. The lowest BCUT2D eigenvalue weighted by Crippen LogP contribution is -2.57. The van der Waals surface area contributed by atoms with E-state index in [1.807, 2.05) is 18.7 Å². The van der Waals surface area contributed by atoms with Crippen LogP contribution < -0.4 is 4.90 Å². The molecule has 2 fully saturated rings. The predicted molar refractivity (Wildman–Crippen MR) is 114 cm³/mol. The summed E-state index contributed by atoms with van der Waals surface area (Å²) in [5.74, 6) is 1.22. The van der Waals surface area contributed by atoms with E-state index >= 15 is 0 Å². The van der Waals surface area contributed by atoms with Crippen LogP contribution in [0.15, 0.2) is 6.20 Å². The van der Waals surface area contributed by atoms with Crippen LogP contribution in [0, 0.1) is 19.8 Å². The zero-order valence-corrected chi connectivity index (χ0v) is 18.6. The summed E-state index contributed by atoms with van der Waals surface area (Å²) in [7, 11) is 0. The van der Waals surface area contributed by atoms with Gasteiger partial charge in [0.2, 0.25) is 0 Å². The molecule has 0 atom stereocenters. The summed E-state index contributed by atoms with van der Waals surface area (Å²) in [6.07, 6.45) is 6.05. The molecule has 2 saturated heterocycles. The number of amides is 3. The van der Waals surface area contributed by atoms with Gasteiger partial charge in [0.25, 0.3) is 5.91 Å². The first kappa shape index (κ1) is 21.5. The van der Waals surface area contributed by atoms with E-state index in [1.165, 1.54) is 4.90 Å². The smallest absolute Gasteiger partial charge is 0.327 e. The van der Waals surface area contributed by atoms with Crippen LogP contribution >= 0.6 is 0 Å². The van der Waals surface area contributed by atoms with E-state index in [1.54, 1.807) is 6.20 Å². The quantitative estimate of drug-likeness (QED) is 0.516. The highest BCUT2D eigenvalue weighted by Gasteiger charge is 2.57. The number of aryl methyl sites for hydroxylation is 2. The zero-order valence-electron chi connectivity index (χ0n) is 18.6. The van der Waals surface area contributed by atoms with Crippen molar-refractivity contribution in [3.63, 3.8) is 0 Å². The van der Waals surface area contributed by atoms with Gasteiger partial charge in [0.1, 0.15) is 11.4 Å². The van der Waals surface area contributed by atoms with Crippen molar-refractivity contribution >= 4 is 17.8 Å². The summed E-state index contributed by atoms with van der Waals surface area (Å²) in [5.41, 5.74) is 1.09. The monoisotopic (exact) mass is 401 g/mol. The van der Waals surface area contributed by atoms with Crippen molar-refractivity contribution < 1.29 is 9.59 Å². The van der Waals surface area contributed by atoms with Crippen LogP contribution in [0.4, 0.5) is 10.6 Å². The molecule has 1 spiro atoms. The largest absolute Gasteiger partial charge is 0.355 e. The second kappa shape index (κ2) is 8.67. The third kappa shape index (κ3) is 4.09. The first-order chi connectivity index (χ1) is 13.8. The highest BCUT2D eigenvalue weighted by molar-refractivity contribution is 6.07. The van der Waals surface area contributed by atoms with E-state index in [-0.39, 0.29) is 11.9 Å². The Bertz CT molecular complexity index is 756. The Hall–Kier alpha value is -2.18. The third-order valence-corrected chi connectivity index (χ3v) is 6.10. The minimum absolute atomic E-state index is 0.00551. The normalized spacial score (nSPS) is 19.2. The summed E-state index contributed by atoms with van der Waals surface area (Å²) < 4.78 is 0. The Morgan fingerprint density at radius 3 is 2.45 bits per heavy atom. The number of hydrogen-bond acceptors (Lipinski definition) is 5. The Labute approximate surface area is 174 Å². The average molecular weight is 402 g/mol. The lowest BCUT2D eigenvalue weighted by Gasteiger charge is -2.43. The number of hydrogen-bond donors (Lipinski definition) is 0. The number of aromatic nitrogens is 2. The number of anilines is 1. The van der Waals surface area contributed by atoms with E-state index in [4.69, 9.17) is 0 Å². The third-order valence-electron chi connectivity index (χ3n) is 6.10. The van der Waals surface area contributed by atoms with Crippen molar-refractivity contribution in [2.75, 3.05) is 31.1 Å². The Morgan fingerprint density at radius 2 is 1.83 bits per heavy atom. The van der Waals surface area contributed by atoms with Gasteiger partial charge in [0.05, 0.1) is 11.4 Å². The standard InChI is InChI=1S/C22H35N5O2/c1-6-7-8-11-26-20(28)22(27(21(26)29)15-16(2)3)9-12-25(13-10-22)19-18(5)23-14-17(4)24-19/h14,16H,6-13,15H2,1-5H3. The van der Waals surface area contributed by atoms with E-state index in [2.05, 4.69) is 35.6 Å². The first-order valence-electron chi connectivity index (χ1n) is 11.0. The second-order valence-corrected chi connectivity index (χ2v) is 8.89. The van der Waals surface area contributed by atoms with Gasteiger partial charge in [-0.2, -0.15) is 0 Å². The summed E-state index contributed by atoms with van der Waals surface area (Å²) in [5, 5.41) is 0. The van der Waals surface area contributed by atoms with Gasteiger partial charge in [-0.3, -0.25) is 14.7 Å². The van der Waals surface area contributed by atoms with E-state index in [9.17, 15) is 9.59 Å². The number of carbonyl (C=O) groups excluding carboxylic acids is 2. The fourth-order valence-electron chi connectivity index (χ4n) is 4.51. The summed E-state index contributed by atoms with van der Waals surface area (Å²) in [6, 6.07) is -0.0974. The van der Waals surface area contributed by atoms with Crippen LogP contribution in [-0.2, 0) is 4.79 Å². The van der Waals surface area contributed by atoms with Gasteiger partial charge in [0, 0.05) is 32.4 Å². The molecule has 0 unspecified atom stereocenters. The lowest BCUT2D eigenvalue weighted by molar-refractivity contribution is -0.134. The molecular weight excluding hydrogens is 366 g/mol. The van der Waals surface area contributed by atoms with Crippen LogP contribution in [0.25, 0.3) is 0 Å². The molecule has 0 saturated carbocycles. The molecular formula is C22H35N5O2. The van der Waals surface area contributed by atoms with Gasteiger partial charge in [-0.1, -0.05) is 33.6 Å². The molecule has 3 rings (SSSR count). The molecule has 0 radical (unpaired) electrons. The molecule has 0 bridgehead atoms. The van der Waals surface area contributed by atoms with Crippen LogP contribution in [0.1, 0.15) is 64.3 Å². The lowest BCUT2D eigenvalue weighted by atomic mass is 9.85. The van der Waals surface area contributed by atoms with Crippen LogP contribution in [-0.4, -0.2) is 63.4 Å². The highest BCUT2D eigenvalue weighted by Crippen LogP contribution is 2.39. The molecule has 0 aliphatic carbocycles. The molecule has 1 aromatic rings. The minimum atomic E-state index is -0.699. The van der Waals surface area contributed by atoms with Crippen LogP contribution in [0.2, 0.25) is 0 Å². The van der Waals surface area contributed by atoms with Gasteiger partial charge in [-0.05, 0) is 39.0 Å². The van der Waals surface area contributed by atoms with Crippen molar-refractivity contribution in [3.8, 4) is 0 Å². The number of piperidine rings is 1. The number of imide groups is 1. The van der Waals surface area contributed by atoms with Gasteiger partial charge in [0.15, 0.2) is 0 Å². The van der Waals surface area contributed by atoms with Crippen LogP contribution in [0.5, 0.6) is 0 Å². The number of carbonyl (C=O) groups is 2. The number of rotatable bonds is 7. The molecule has 7 nitrogen and oxygen atoms in total. The Morgan fingerprint density at radius 1 is 1.14 bits per heavy atom. The maximum atomic E-state index is 13.5. The molecule has 3 amide bonds. The van der Waals surface area contributed by atoms with Crippen molar-refractivity contribution in [1.29, 1.82) is 0 Å². The van der Waals surface area contributed by atoms with Gasteiger partial charge < -0.3 is 9.80 Å². The highest BCUT2D eigenvalue weighted by atomic mass is 16.2. The van der Waals surface area contributed by atoms with Gasteiger partial charge in [-0.15, -0.1) is 0 Å². The maximum Gasteiger partial charge on any atom is 0.327 e. The summed E-state index contributed by atoms with van der Waals surface area (Å²) in [6.45, 7) is 12.8. The molecule has 0 aromatic carbocycles. The van der Waals surface area contributed by atoms with E-state index < -0.39 is 5.54 Å². The van der Waals surface area contributed by atoms with Crippen molar-refractivity contribution in [2.45, 2.75) is 72.3 Å². The molecule has 160 valence electrons. The number of nitrogens with zero attached hydrogens (tertiary/aromatic N) is 5. The fourth-order valence-corrected chi connectivity index (χ4v) is 4.51. The van der Waals surface area contributed by atoms with E-state index in [0.717, 1.165) is 36.5 Å². The minimum Gasteiger partial charge on any atom is -0.355 e. The molecule has 2 aliphatic rings.